The van der Waals surface area contributed by atoms with Gasteiger partial charge in [-0.1, -0.05) is 6.92 Å². The van der Waals surface area contributed by atoms with Crippen LogP contribution in [0.25, 0.3) is 0 Å². The summed E-state index contributed by atoms with van der Waals surface area (Å²) in [5, 5.41) is 3.40. The van der Waals surface area contributed by atoms with E-state index in [1.807, 2.05) is 24.0 Å². The molecule has 0 spiro atoms. The summed E-state index contributed by atoms with van der Waals surface area (Å²) in [6, 6.07) is 0. The maximum atomic E-state index is 5.38. The van der Waals surface area contributed by atoms with Crippen molar-refractivity contribution >= 4 is 5.95 Å². The predicted octanol–water partition coefficient (Wildman–Crippen LogP) is 1.65. The van der Waals surface area contributed by atoms with Crippen LogP contribution in [0.1, 0.15) is 19.8 Å². The van der Waals surface area contributed by atoms with Gasteiger partial charge >= 0.3 is 0 Å². The number of nitrogens with zero attached hydrogens (tertiary/aromatic N) is 2. The lowest BCUT2D eigenvalue weighted by Crippen LogP contribution is -2.33. The van der Waals surface area contributed by atoms with Crippen LogP contribution >= 0.6 is 0 Å². The van der Waals surface area contributed by atoms with Gasteiger partial charge in [-0.2, -0.15) is 0 Å². The molecule has 1 fully saturated rings. The summed E-state index contributed by atoms with van der Waals surface area (Å²) < 4.78 is 7.38. The minimum atomic E-state index is 0.351. The van der Waals surface area contributed by atoms with E-state index in [2.05, 4.69) is 17.2 Å². The van der Waals surface area contributed by atoms with Gasteiger partial charge in [0.2, 0.25) is 5.95 Å². The van der Waals surface area contributed by atoms with E-state index in [-0.39, 0.29) is 0 Å². The maximum absolute atomic E-state index is 5.38. The quantitative estimate of drug-likeness (QED) is 0.822. The highest BCUT2D eigenvalue weighted by Gasteiger charge is 2.27. The Morgan fingerprint density at radius 3 is 2.87 bits per heavy atom. The van der Waals surface area contributed by atoms with E-state index in [4.69, 9.17) is 4.74 Å². The number of rotatable bonds is 3. The van der Waals surface area contributed by atoms with Crippen LogP contribution in [0.5, 0.6) is 0 Å². The molecule has 1 aromatic rings. The third-order valence-electron chi connectivity index (χ3n) is 3.19. The summed E-state index contributed by atoms with van der Waals surface area (Å²) in [6.45, 7) is 5.06. The third kappa shape index (κ3) is 2.50. The highest BCUT2D eigenvalue weighted by Crippen LogP contribution is 2.29. The Morgan fingerprint density at radius 1 is 1.53 bits per heavy atom. The molecule has 0 unspecified atom stereocenters. The van der Waals surface area contributed by atoms with E-state index in [9.17, 15) is 0 Å². The van der Waals surface area contributed by atoms with Gasteiger partial charge in [-0.05, 0) is 18.3 Å². The highest BCUT2D eigenvalue weighted by atomic mass is 16.5. The number of imidazole rings is 1. The fraction of sp³-hybridized carbons (Fsp3) is 0.727. The van der Waals surface area contributed by atoms with Crippen LogP contribution in [-0.2, 0) is 11.8 Å². The molecular weight excluding hydrogens is 190 g/mol. The summed E-state index contributed by atoms with van der Waals surface area (Å²) in [4.78, 5) is 4.25. The minimum absolute atomic E-state index is 0.351. The predicted molar refractivity (Wildman–Crippen MR) is 59.9 cm³/mol. The van der Waals surface area contributed by atoms with Crippen LogP contribution in [0, 0.1) is 5.41 Å². The average molecular weight is 209 g/mol. The molecule has 0 aromatic carbocycles. The zero-order chi connectivity index (χ0) is 10.7. The molecule has 1 saturated heterocycles. The Bertz CT molecular complexity index is 315. The van der Waals surface area contributed by atoms with Gasteiger partial charge < -0.3 is 14.6 Å². The molecule has 1 aliphatic rings. The van der Waals surface area contributed by atoms with Crippen LogP contribution in [0.3, 0.4) is 0 Å². The first-order valence-corrected chi connectivity index (χ1v) is 5.49. The number of aryl methyl sites for hydroxylation is 1. The van der Waals surface area contributed by atoms with Crippen molar-refractivity contribution in [1.29, 1.82) is 0 Å². The first-order chi connectivity index (χ1) is 7.20. The largest absolute Gasteiger partial charge is 0.381 e. The standard InChI is InChI=1S/C11H19N3O/c1-11(3-7-15-8-4-11)9-13-10-12-5-6-14(10)2/h5-6H,3-4,7-9H2,1-2H3,(H,12,13). The maximum Gasteiger partial charge on any atom is 0.202 e. The molecule has 0 amide bonds. The van der Waals surface area contributed by atoms with Gasteiger partial charge in [-0.25, -0.2) is 4.98 Å². The Morgan fingerprint density at radius 2 is 2.27 bits per heavy atom. The summed E-state index contributed by atoms with van der Waals surface area (Å²) in [7, 11) is 2.00. The molecular formula is C11H19N3O. The highest BCUT2D eigenvalue weighted by molar-refractivity contribution is 5.25. The van der Waals surface area contributed by atoms with Gasteiger partial charge in [0, 0.05) is 39.2 Å². The summed E-state index contributed by atoms with van der Waals surface area (Å²) >= 11 is 0. The lowest BCUT2D eigenvalue weighted by atomic mass is 9.82. The van der Waals surface area contributed by atoms with Crippen LogP contribution in [0.4, 0.5) is 5.95 Å². The normalized spacial score (nSPS) is 20.1. The summed E-state index contributed by atoms with van der Waals surface area (Å²) in [6.07, 6.45) is 6.03. The molecule has 4 nitrogen and oxygen atoms in total. The second-order valence-electron chi connectivity index (χ2n) is 4.64. The molecule has 1 N–H and O–H groups in total. The van der Waals surface area contributed by atoms with Crippen LogP contribution in [0.2, 0.25) is 0 Å². The first-order valence-electron chi connectivity index (χ1n) is 5.49. The minimum Gasteiger partial charge on any atom is -0.381 e. The van der Waals surface area contributed by atoms with Gasteiger partial charge in [-0.15, -0.1) is 0 Å². The monoisotopic (exact) mass is 209 g/mol. The smallest absolute Gasteiger partial charge is 0.202 e. The van der Waals surface area contributed by atoms with Crippen LogP contribution < -0.4 is 5.32 Å². The third-order valence-corrected chi connectivity index (χ3v) is 3.19. The molecule has 4 heteroatoms. The molecule has 0 atom stereocenters. The Kier molecular flexibility index (Phi) is 2.95. The summed E-state index contributed by atoms with van der Waals surface area (Å²) in [5.74, 6) is 0.947. The molecule has 0 bridgehead atoms. The van der Waals surface area contributed by atoms with E-state index in [1.165, 1.54) is 0 Å². The number of ether oxygens (including phenoxy) is 1. The van der Waals surface area contributed by atoms with Crippen molar-refractivity contribution in [2.45, 2.75) is 19.8 Å². The van der Waals surface area contributed by atoms with Gasteiger partial charge in [0.25, 0.3) is 0 Å². The van der Waals surface area contributed by atoms with Crippen LogP contribution in [0.15, 0.2) is 12.4 Å². The van der Waals surface area contributed by atoms with Crippen molar-refractivity contribution in [2.75, 3.05) is 25.1 Å². The number of hydrogen-bond donors (Lipinski definition) is 1. The van der Waals surface area contributed by atoms with Crippen molar-refractivity contribution in [3.05, 3.63) is 12.4 Å². The van der Waals surface area contributed by atoms with Gasteiger partial charge in [0.1, 0.15) is 0 Å². The molecule has 2 rings (SSSR count). The van der Waals surface area contributed by atoms with E-state index in [0.717, 1.165) is 38.5 Å². The Balaban J connectivity index is 1.89. The lowest BCUT2D eigenvalue weighted by molar-refractivity contribution is 0.0299. The average Bonchev–Trinajstić information content (AvgIpc) is 2.62. The van der Waals surface area contributed by atoms with Crippen molar-refractivity contribution in [1.82, 2.24) is 9.55 Å². The Hall–Kier alpha value is -1.03. The van der Waals surface area contributed by atoms with Gasteiger partial charge in [0.05, 0.1) is 0 Å². The summed E-state index contributed by atoms with van der Waals surface area (Å²) in [5.41, 5.74) is 0.351. The zero-order valence-electron chi connectivity index (χ0n) is 9.49. The second kappa shape index (κ2) is 4.23. The molecule has 0 radical (unpaired) electrons. The second-order valence-corrected chi connectivity index (χ2v) is 4.64. The molecule has 2 heterocycles. The number of nitrogens with one attached hydrogen (secondary N) is 1. The van der Waals surface area contributed by atoms with Crippen molar-refractivity contribution in [3.8, 4) is 0 Å². The van der Waals surface area contributed by atoms with E-state index in [1.54, 1.807) is 0 Å². The molecule has 0 aliphatic carbocycles. The Labute approximate surface area is 90.6 Å². The number of aromatic nitrogens is 2. The lowest BCUT2D eigenvalue weighted by Gasteiger charge is -2.33. The molecule has 84 valence electrons. The van der Waals surface area contributed by atoms with E-state index in [0.29, 0.717) is 5.41 Å². The van der Waals surface area contributed by atoms with E-state index >= 15 is 0 Å². The fourth-order valence-corrected chi connectivity index (χ4v) is 1.87. The zero-order valence-corrected chi connectivity index (χ0v) is 9.49. The fourth-order valence-electron chi connectivity index (χ4n) is 1.87. The van der Waals surface area contributed by atoms with Crippen molar-refractivity contribution in [3.63, 3.8) is 0 Å². The number of hydrogen-bond acceptors (Lipinski definition) is 3. The molecule has 0 saturated carbocycles. The van der Waals surface area contributed by atoms with Gasteiger partial charge in [-0.3, -0.25) is 0 Å². The molecule has 1 aliphatic heterocycles. The first kappa shape index (κ1) is 10.5. The molecule has 15 heavy (non-hydrogen) atoms. The molecule has 1 aromatic heterocycles. The topological polar surface area (TPSA) is 39.1 Å². The SMILES string of the molecule is Cn1ccnc1NCC1(C)CCOCC1. The van der Waals surface area contributed by atoms with Crippen molar-refractivity contribution < 1.29 is 4.74 Å². The van der Waals surface area contributed by atoms with Crippen molar-refractivity contribution in [2.24, 2.45) is 12.5 Å². The van der Waals surface area contributed by atoms with Gasteiger partial charge in [0.15, 0.2) is 0 Å². The van der Waals surface area contributed by atoms with E-state index < -0.39 is 0 Å². The van der Waals surface area contributed by atoms with Crippen LogP contribution in [-0.4, -0.2) is 29.3 Å². The number of anilines is 1.